The number of benzene rings is 1. The Morgan fingerprint density at radius 1 is 1.31 bits per heavy atom. The number of nitrogens with zero attached hydrogens (tertiary/aromatic N) is 6. The van der Waals surface area contributed by atoms with E-state index < -0.39 is 28.1 Å². The van der Waals surface area contributed by atoms with E-state index in [-0.39, 0.29) is 59.2 Å². The van der Waals surface area contributed by atoms with E-state index in [0.717, 1.165) is 4.31 Å². The summed E-state index contributed by atoms with van der Waals surface area (Å²) in [6.07, 6.45) is 6.21. The van der Waals surface area contributed by atoms with Gasteiger partial charge in [0.15, 0.2) is 10.8 Å². The average molecular weight is 558 g/mol. The van der Waals surface area contributed by atoms with Gasteiger partial charge in [-0.1, -0.05) is 13.0 Å². The Kier molecular flexibility index (Phi) is 8.28. The molecule has 0 saturated heterocycles. The number of carbonyl (C=O) groups excluding carboxylic acids is 2. The minimum Gasteiger partial charge on any atom is -0.486 e. The van der Waals surface area contributed by atoms with Crippen LogP contribution in [0.5, 0.6) is 5.75 Å². The molecule has 0 unspecified atom stereocenters. The van der Waals surface area contributed by atoms with E-state index in [1.54, 1.807) is 32.2 Å². The number of aryl methyl sites for hydroxylation is 1. The Balaban J connectivity index is 1.73. The number of aliphatic hydroxyl groups excluding tert-OH is 1. The van der Waals surface area contributed by atoms with Crippen molar-refractivity contribution in [1.82, 2.24) is 28.7 Å². The molecule has 4 rings (SSSR count). The summed E-state index contributed by atoms with van der Waals surface area (Å²) in [7, 11) is -0.828. The van der Waals surface area contributed by atoms with Crippen LogP contribution in [0.2, 0.25) is 0 Å². The molecule has 14 heteroatoms. The largest absolute Gasteiger partial charge is 0.486 e. The van der Waals surface area contributed by atoms with Crippen LogP contribution in [0.25, 0.3) is 0 Å². The van der Waals surface area contributed by atoms with Crippen LogP contribution in [0.4, 0.5) is 5.69 Å². The molecule has 2 amide bonds. The Morgan fingerprint density at radius 3 is 2.72 bits per heavy atom. The van der Waals surface area contributed by atoms with Gasteiger partial charge in [-0.05, 0) is 19.1 Å². The lowest BCUT2D eigenvalue weighted by molar-refractivity contribution is 0.0388. The van der Waals surface area contributed by atoms with Crippen molar-refractivity contribution >= 4 is 27.5 Å². The van der Waals surface area contributed by atoms with Gasteiger partial charge >= 0.3 is 0 Å². The Morgan fingerprint density at radius 2 is 2.08 bits per heavy atom. The van der Waals surface area contributed by atoms with E-state index in [1.165, 1.54) is 47.6 Å². The Labute approximate surface area is 226 Å². The zero-order chi connectivity index (χ0) is 28.3. The van der Waals surface area contributed by atoms with Crippen LogP contribution < -0.4 is 10.1 Å². The van der Waals surface area contributed by atoms with Crippen molar-refractivity contribution in [2.24, 2.45) is 13.0 Å². The maximum atomic E-state index is 13.6. The van der Waals surface area contributed by atoms with Crippen molar-refractivity contribution in [2.45, 2.75) is 31.0 Å². The zero-order valence-corrected chi connectivity index (χ0v) is 22.9. The SMILES string of the molecule is C[C@@H]1CN([C@@H](C)CO)C(=O)c2cccc(NC(=O)c3cnccn3)c2O[C@H]1CN(C)S(=O)(=O)c1cn(C)cn1. The second-order valence-corrected chi connectivity index (χ2v) is 11.5. The number of para-hydroxylation sites is 1. The fourth-order valence-electron chi connectivity index (χ4n) is 4.20. The van der Waals surface area contributed by atoms with Crippen LogP contribution in [0.15, 0.2) is 54.3 Å². The van der Waals surface area contributed by atoms with Crippen LogP contribution in [0.3, 0.4) is 0 Å². The molecule has 0 fully saturated rings. The topological polar surface area (TPSA) is 160 Å². The van der Waals surface area contributed by atoms with Gasteiger partial charge < -0.3 is 24.6 Å². The summed E-state index contributed by atoms with van der Waals surface area (Å²) in [4.78, 5) is 39.9. The molecule has 0 bridgehead atoms. The number of rotatable bonds is 8. The number of hydrogen-bond acceptors (Lipinski definition) is 9. The van der Waals surface area contributed by atoms with Crippen LogP contribution in [0.1, 0.15) is 34.7 Å². The van der Waals surface area contributed by atoms with E-state index in [0.29, 0.717) is 0 Å². The highest BCUT2D eigenvalue weighted by Gasteiger charge is 2.36. The van der Waals surface area contributed by atoms with Crippen LogP contribution in [-0.2, 0) is 17.1 Å². The third-order valence-corrected chi connectivity index (χ3v) is 8.24. The molecule has 3 heterocycles. The summed E-state index contributed by atoms with van der Waals surface area (Å²) < 4.78 is 35.4. The third kappa shape index (κ3) is 5.92. The van der Waals surface area contributed by atoms with E-state index in [2.05, 4.69) is 20.3 Å². The third-order valence-electron chi connectivity index (χ3n) is 6.53. The number of imidazole rings is 1. The second-order valence-electron chi connectivity index (χ2n) is 9.51. The predicted octanol–water partition coefficient (Wildman–Crippen LogP) is 1.00. The summed E-state index contributed by atoms with van der Waals surface area (Å²) in [5.74, 6) is -1.21. The maximum absolute atomic E-state index is 13.6. The van der Waals surface area contributed by atoms with Gasteiger partial charge in [0.1, 0.15) is 11.8 Å². The van der Waals surface area contributed by atoms with Gasteiger partial charge in [-0.3, -0.25) is 14.6 Å². The molecule has 2 aromatic heterocycles. The molecule has 2 N–H and O–H groups in total. The summed E-state index contributed by atoms with van der Waals surface area (Å²) >= 11 is 0. The minimum absolute atomic E-state index is 0.0638. The van der Waals surface area contributed by atoms with Crippen molar-refractivity contribution in [2.75, 3.05) is 32.1 Å². The number of amides is 2. The summed E-state index contributed by atoms with van der Waals surface area (Å²) in [5.41, 5.74) is 0.440. The van der Waals surface area contributed by atoms with E-state index in [9.17, 15) is 23.1 Å². The first-order valence-corrected chi connectivity index (χ1v) is 13.7. The van der Waals surface area contributed by atoms with E-state index >= 15 is 0 Å². The predicted molar refractivity (Wildman–Crippen MR) is 141 cm³/mol. The first kappa shape index (κ1) is 28.1. The number of hydrogen-bond donors (Lipinski definition) is 2. The molecule has 3 aromatic rings. The van der Waals surface area contributed by atoms with Gasteiger partial charge in [-0.25, -0.2) is 18.4 Å². The smallest absolute Gasteiger partial charge is 0.275 e. The lowest BCUT2D eigenvalue weighted by atomic mass is 9.99. The molecule has 0 aliphatic carbocycles. The standard InChI is InChI=1S/C25H31N7O6S/c1-16-11-32(17(2)14-33)25(35)18-6-5-7-19(29-24(34)20-10-26-8-9-27-20)23(18)38-21(16)12-31(4)39(36,37)22-13-30(3)15-28-22/h5-10,13,15-17,21,33H,11-12,14H2,1-4H3,(H,29,34)/t16-,17+,21+/m1/s1. The number of carbonyl (C=O) groups is 2. The maximum Gasteiger partial charge on any atom is 0.275 e. The molecule has 3 atom stereocenters. The van der Waals surface area contributed by atoms with Crippen LogP contribution in [0, 0.1) is 5.92 Å². The molecule has 0 spiro atoms. The molecule has 0 saturated carbocycles. The van der Waals surface area contributed by atoms with Crippen LogP contribution >= 0.6 is 0 Å². The van der Waals surface area contributed by atoms with Crippen molar-refractivity contribution in [3.05, 3.63) is 60.6 Å². The molecule has 1 aromatic carbocycles. The molecule has 208 valence electrons. The van der Waals surface area contributed by atoms with E-state index in [1.807, 2.05) is 6.92 Å². The van der Waals surface area contributed by atoms with Crippen molar-refractivity contribution < 1.29 is 27.9 Å². The van der Waals surface area contributed by atoms with Crippen molar-refractivity contribution in [3.8, 4) is 5.75 Å². The number of nitrogens with one attached hydrogen (secondary N) is 1. The normalized spacial score (nSPS) is 18.6. The molecule has 1 aliphatic rings. The summed E-state index contributed by atoms with van der Waals surface area (Å²) in [5, 5.41) is 12.5. The number of sulfonamides is 1. The molecule has 39 heavy (non-hydrogen) atoms. The highest BCUT2D eigenvalue weighted by Crippen LogP contribution is 2.35. The van der Waals surface area contributed by atoms with Gasteiger partial charge in [-0.15, -0.1) is 0 Å². The van der Waals surface area contributed by atoms with Crippen molar-refractivity contribution in [1.29, 1.82) is 0 Å². The minimum atomic E-state index is -3.93. The lowest BCUT2D eigenvalue weighted by Crippen LogP contribution is -2.50. The number of fused-ring (bicyclic) bond motifs is 1. The highest BCUT2D eigenvalue weighted by molar-refractivity contribution is 7.89. The van der Waals surface area contributed by atoms with E-state index in [4.69, 9.17) is 4.74 Å². The molecular weight excluding hydrogens is 526 g/mol. The Hall–Kier alpha value is -3.88. The molecule has 0 radical (unpaired) electrons. The first-order chi connectivity index (χ1) is 18.5. The van der Waals surface area contributed by atoms with Gasteiger partial charge in [0.2, 0.25) is 0 Å². The molecule has 1 aliphatic heterocycles. The number of likely N-dealkylation sites (N-methyl/N-ethyl adjacent to an activating group) is 1. The number of anilines is 1. The number of aromatic nitrogens is 4. The van der Waals surface area contributed by atoms with Gasteiger partial charge in [0.05, 0.1) is 43.0 Å². The fourth-order valence-corrected chi connectivity index (χ4v) is 5.34. The van der Waals surface area contributed by atoms with Crippen molar-refractivity contribution in [3.63, 3.8) is 0 Å². The molecule has 13 nitrogen and oxygen atoms in total. The molecular formula is C25H31N7O6S. The quantitative estimate of drug-likeness (QED) is 0.412. The summed E-state index contributed by atoms with van der Waals surface area (Å²) in [6.45, 7) is 3.43. The average Bonchev–Trinajstić information content (AvgIpc) is 3.38. The van der Waals surface area contributed by atoms with Gasteiger partial charge in [0.25, 0.3) is 21.8 Å². The number of ether oxygens (including phenoxy) is 1. The Bertz CT molecular complexity index is 1450. The number of aliphatic hydroxyl groups is 1. The first-order valence-electron chi connectivity index (χ1n) is 12.3. The lowest BCUT2D eigenvalue weighted by Gasteiger charge is -2.38. The van der Waals surface area contributed by atoms with Crippen LogP contribution in [-0.4, -0.2) is 93.0 Å². The summed E-state index contributed by atoms with van der Waals surface area (Å²) in [6, 6.07) is 4.23. The van der Waals surface area contributed by atoms with Gasteiger partial charge in [0, 0.05) is 45.1 Å². The second kappa shape index (κ2) is 11.5. The monoisotopic (exact) mass is 557 g/mol. The zero-order valence-electron chi connectivity index (χ0n) is 22.1. The fraction of sp³-hybridized carbons (Fsp3) is 0.400. The van der Waals surface area contributed by atoms with Gasteiger partial charge in [-0.2, -0.15) is 4.31 Å². The highest BCUT2D eigenvalue weighted by atomic mass is 32.2.